The van der Waals surface area contributed by atoms with Crippen LogP contribution in [0.4, 0.5) is 4.39 Å². The molecule has 0 atom stereocenters. The van der Waals surface area contributed by atoms with Gasteiger partial charge in [-0.15, -0.1) is 11.8 Å². The zero-order valence-electron chi connectivity index (χ0n) is 10.6. The lowest BCUT2D eigenvalue weighted by Gasteiger charge is -2.02. The van der Waals surface area contributed by atoms with Crippen LogP contribution in [0.1, 0.15) is 15.9 Å². The van der Waals surface area contributed by atoms with Gasteiger partial charge in [-0.1, -0.05) is 42.5 Å². The van der Waals surface area contributed by atoms with Gasteiger partial charge in [-0.25, -0.2) is 9.18 Å². The molecule has 2 aromatic rings. The summed E-state index contributed by atoms with van der Waals surface area (Å²) < 4.78 is 13.2. The van der Waals surface area contributed by atoms with E-state index in [2.05, 4.69) is 0 Å². The minimum atomic E-state index is -1.25. The van der Waals surface area contributed by atoms with E-state index in [1.165, 1.54) is 23.9 Å². The van der Waals surface area contributed by atoms with Crippen LogP contribution in [0.5, 0.6) is 0 Å². The van der Waals surface area contributed by atoms with Crippen LogP contribution in [0.15, 0.2) is 59.5 Å². The number of carboxylic acids is 1. The van der Waals surface area contributed by atoms with E-state index < -0.39 is 11.8 Å². The first-order valence-corrected chi connectivity index (χ1v) is 7.02. The molecule has 0 saturated carbocycles. The van der Waals surface area contributed by atoms with Crippen LogP contribution in [-0.2, 0) is 0 Å². The second kappa shape index (κ2) is 6.91. The number of hydrogen-bond acceptors (Lipinski definition) is 2. The van der Waals surface area contributed by atoms with Crippen molar-refractivity contribution in [2.24, 2.45) is 0 Å². The Morgan fingerprint density at radius 3 is 2.65 bits per heavy atom. The van der Waals surface area contributed by atoms with E-state index in [1.807, 2.05) is 42.5 Å². The Morgan fingerprint density at radius 1 is 1.20 bits per heavy atom. The maximum absolute atomic E-state index is 13.2. The van der Waals surface area contributed by atoms with E-state index >= 15 is 0 Å². The summed E-state index contributed by atoms with van der Waals surface area (Å²) in [6, 6.07) is 14.0. The second-order valence-corrected chi connectivity index (χ2v) is 5.16. The number of benzene rings is 2. The molecule has 0 aromatic heterocycles. The van der Waals surface area contributed by atoms with Gasteiger partial charge in [-0.05, 0) is 23.8 Å². The molecule has 0 aliphatic carbocycles. The molecule has 0 amide bonds. The standard InChI is InChI=1S/C16H13FO2S/c17-15-9-8-13(11-14(15)16(18)19)20-10-4-7-12-5-2-1-3-6-12/h1-9,11H,10H2,(H,18,19)/b7-4+. The molecule has 0 unspecified atom stereocenters. The van der Waals surface area contributed by atoms with Crippen molar-refractivity contribution in [3.63, 3.8) is 0 Å². The fourth-order valence-corrected chi connectivity index (χ4v) is 2.40. The molecule has 0 saturated heterocycles. The van der Waals surface area contributed by atoms with Crippen molar-refractivity contribution in [1.82, 2.24) is 0 Å². The average Bonchev–Trinajstić information content (AvgIpc) is 2.46. The number of hydrogen-bond donors (Lipinski definition) is 1. The molecular weight excluding hydrogens is 275 g/mol. The number of thioether (sulfide) groups is 1. The monoisotopic (exact) mass is 288 g/mol. The maximum Gasteiger partial charge on any atom is 0.338 e. The van der Waals surface area contributed by atoms with E-state index in [1.54, 1.807) is 6.07 Å². The van der Waals surface area contributed by atoms with Gasteiger partial charge in [-0.3, -0.25) is 0 Å². The van der Waals surface area contributed by atoms with Crippen molar-refractivity contribution >= 4 is 23.8 Å². The van der Waals surface area contributed by atoms with E-state index in [0.717, 1.165) is 10.5 Å². The highest BCUT2D eigenvalue weighted by molar-refractivity contribution is 7.99. The summed E-state index contributed by atoms with van der Waals surface area (Å²) in [4.78, 5) is 11.6. The highest BCUT2D eigenvalue weighted by Gasteiger charge is 2.10. The van der Waals surface area contributed by atoms with Crippen molar-refractivity contribution in [3.8, 4) is 0 Å². The minimum absolute atomic E-state index is 0.290. The molecule has 2 rings (SSSR count). The summed E-state index contributed by atoms with van der Waals surface area (Å²) in [6.07, 6.45) is 3.98. The third-order valence-corrected chi connectivity index (χ3v) is 3.57. The van der Waals surface area contributed by atoms with Crippen molar-refractivity contribution in [3.05, 3.63) is 71.6 Å². The molecule has 0 radical (unpaired) electrons. The minimum Gasteiger partial charge on any atom is -0.478 e. The van der Waals surface area contributed by atoms with Crippen LogP contribution in [0, 0.1) is 5.82 Å². The molecule has 20 heavy (non-hydrogen) atoms. The SMILES string of the molecule is O=C(O)c1cc(SC/C=C/c2ccccc2)ccc1F. The zero-order chi connectivity index (χ0) is 14.4. The molecule has 0 aliphatic heterocycles. The van der Waals surface area contributed by atoms with Crippen molar-refractivity contribution in [2.45, 2.75) is 4.90 Å². The molecule has 0 bridgehead atoms. The van der Waals surface area contributed by atoms with Crippen LogP contribution in [0.2, 0.25) is 0 Å². The van der Waals surface area contributed by atoms with Gasteiger partial charge in [0.1, 0.15) is 5.82 Å². The molecule has 2 nitrogen and oxygen atoms in total. The number of rotatable bonds is 5. The molecule has 2 aromatic carbocycles. The third-order valence-electron chi connectivity index (χ3n) is 2.62. The maximum atomic E-state index is 13.2. The topological polar surface area (TPSA) is 37.3 Å². The molecule has 1 N–H and O–H groups in total. The number of carbonyl (C=O) groups is 1. The normalized spacial score (nSPS) is 10.8. The van der Waals surface area contributed by atoms with Crippen LogP contribution in [0.25, 0.3) is 6.08 Å². The molecule has 102 valence electrons. The predicted octanol–water partition coefficient (Wildman–Crippen LogP) is 4.33. The van der Waals surface area contributed by atoms with Crippen LogP contribution in [-0.4, -0.2) is 16.8 Å². The number of aromatic carboxylic acids is 1. The lowest BCUT2D eigenvalue weighted by atomic mass is 10.2. The van der Waals surface area contributed by atoms with E-state index in [9.17, 15) is 9.18 Å². The van der Waals surface area contributed by atoms with Crippen molar-refractivity contribution in [2.75, 3.05) is 5.75 Å². The zero-order valence-corrected chi connectivity index (χ0v) is 11.4. The molecule has 4 heteroatoms. The fourth-order valence-electron chi connectivity index (χ4n) is 1.65. The van der Waals surface area contributed by atoms with Crippen LogP contribution < -0.4 is 0 Å². The van der Waals surface area contributed by atoms with Crippen molar-refractivity contribution < 1.29 is 14.3 Å². The van der Waals surface area contributed by atoms with Crippen molar-refractivity contribution in [1.29, 1.82) is 0 Å². The summed E-state index contributed by atoms with van der Waals surface area (Å²) in [5.41, 5.74) is 0.820. The Kier molecular flexibility index (Phi) is 4.96. The first-order chi connectivity index (χ1) is 9.66. The quantitative estimate of drug-likeness (QED) is 0.832. The highest BCUT2D eigenvalue weighted by Crippen LogP contribution is 2.21. The molecule has 0 aliphatic rings. The number of carboxylic acid groups (broad SMARTS) is 1. The summed E-state index contributed by atoms with van der Waals surface area (Å²) in [7, 11) is 0. The van der Waals surface area contributed by atoms with Gasteiger partial charge < -0.3 is 5.11 Å². The Hall–Kier alpha value is -2.07. The van der Waals surface area contributed by atoms with Gasteiger partial charge in [0, 0.05) is 10.6 Å². The van der Waals surface area contributed by atoms with Crippen LogP contribution in [0.3, 0.4) is 0 Å². The highest BCUT2D eigenvalue weighted by atomic mass is 32.2. The fraction of sp³-hybridized carbons (Fsp3) is 0.0625. The summed E-state index contributed by atoms with van der Waals surface area (Å²) in [5, 5.41) is 8.85. The van der Waals surface area contributed by atoms with Gasteiger partial charge in [0.15, 0.2) is 0 Å². The molecular formula is C16H13FO2S. The second-order valence-electron chi connectivity index (χ2n) is 4.07. The Labute approximate surface area is 121 Å². The number of halogens is 1. The lowest BCUT2D eigenvalue weighted by molar-refractivity contribution is 0.0691. The van der Waals surface area contributed by atoms with E-state index in [0.29, 0.717) is 5.75 Å². The largest absolute Gasteiger partial charge is 0.478 e. The Morgan fingerprint density at radius 2 is 1.95 bits per heavy atom. The Bertz CT molecular complexity index is 624. The first kappa shape index (κ1) is 14.3. The first-order valence-electron chi connectivity index (χ1n) is 6.04. The molecule has 0 fully saturated rings. The average molecular weight is 288 g/mol. The third kappa shape index (κ3) is 3.96. The summed E-state index contributed by atoms with van der Waals surface area (Å²) in [5.74, 6) is -1.26. The lowest BCUT2D eigenvalue weighted by Crippen LogP contribution is -2.00. The van der Waals surface area contributed by atoms with E-state index in [-0.39, 0.29) is 5.56 Å². The predicted molar refractivity (Wildman–Crippen MR) is 79.6 cm³/mol. The summed E-state index contributed by atoms with van der Waals surface area (Å²) >= 11 is 1.46. The Balaban J connectivity index is 1.96. The van der Waals surface area contributed by atoms with Gasteiger partial charge >= 0.3 is 5.97 Å². The molecule has 0 heterocycles. The van der Waals surface area contributed by atoms with Crippen LogP contribution >= 0.6 is 11.8 Å². The molecule has 0 spiro atoms. The van der Waals surface area contributed by atoms with Gasteiger partial charge in [0.05, 0.1) is 5.56 Å². The summed E-state index contributed by atoms with van der Waals surface area (Å²) in [6.45, 7) is 0. The van der Waals surface area contributed by atoms with Gasteiger partial charge in [-0.2, -0.15) is 0 Å². The van der Waals surface area contributed by atoms with E-state index in [4.69, 9.17) is 5.11 Å². The van der Waals surface area contributed by atoms with Gasteiger partial charge in [0.25, 0.3) is 0 Å². The van der Waals surface area contributed by atoms with Gasteiger partial charge in [0.2, 0.25) is 0 Å². The smallest absolute Gasteiger partial charge is 0.338 e.